The zero-order valence-electron chi connectivity index (χ0n) is 13.7. The second kappa shape index (κ2) is 8.84. The molecular weight excluding hydrogens is 341 g/mol. The van der Waals surface area contributed by atoms with Crippen LogP contribution in [0.15, 0.2) is 53.5 Å². The van der Waals surface area contributed by atoms with E-state index >= 15 is 0 Å². The van der Waals surface area contributed by atoms with Gasteiger partial charge in [-0.1, -0.05) is 12.1 Å². The minimum Gasteiger partial charge on any atom is -0.488 e. The first-order chi connectivity index (χ1) is 12.4. The van der Waals surface area contributed by atoms with E-state index in [0.717, 1.165) is 6.21 Å². The van der Waals surface area contributed by atoms with Crippen LogP contribution in [-0.2, 0) is 0 Å². The van der Waals surface area contributed by atoms with Gasteiger partial charge in [0, 0.05) is 11.8 Å². The van der Waals surface area contributed by atoms with Crippen molar-refractivity contribution in [3.63, 3.8) is 0 Å². The number of benzene rings is 2. The second-order valence-electron chi connectivity index (χ2n) is 5.34. The third kappa shape index (κ3) is 5.20. The van der Waals surface area contributed by atoms with E-state index in [1.165, 1.54) is 36.4 Å². The monoisotopic (exact) mass is 359 g/mol. The summed E-state index contributed by atoms with van der Waals surface area (Å²) in [6, 6.07) is 11.3. The van der Waals surface area contributed by atoms with Crippen molar-refractivity contribution >= 4 is 23.5 Å². The van der Waals surface area contributed by atoms with Crippen LogP contribution in [0.1, 0.15) is 10.4 Å². The lowest BCUT2D eigenvalue weighted by Gasteiger charge is -2.12. The Labute approximate surface area is 149 Å². The van der Waals surface area contributed by atoms with Crippen molar-refractivity contribution < 1.29 is 24.1 Å². The fourth-order valence-electron chi connectivity index (χ4n) is 2.12. The van der Waals surface area contributed by atoms with E-state index in [-0.39, 0.29) is 23.8 Å². The fourth-order valence-corrected chi connectivity index (χ4v) is 2.12. The minimum atomic E-state index is -1.64. The van der Waals surface area contributed by atoms with Gasteiger partial charge in [-0.25, -0.2) is 9.38 Å². The molecule has 26 heavy (non-hydrogen) atoms. The van der Waals surface area contributed by atoms with Crippen molar-refractivity contribution in [3.8, 4) is 5.75 Å². The van der Waals surface area contributed by atoms with Crippen molar-refractivity contribution in [3.05, 3.63) is 59.9 Å². The van der Waals surface area contributed by atoms with Crippen molar-refractivity contribution in [1.82, 2.24) is 0 Å². The van der Waals surface area contributed by atoms with Gasteiger partial charge in [-0.15, -0.1) is 0 Å². The van der Waals surface area contributed by atoms with Crippen LogP contribution in [0.3, 0.4) is 0 Å². The molecular formula is C18H18FN3O4. The van der Waals surface area contributed by atoms with Crippen molar-refractivity contribution in [2.24, 2.45) is 16.6 Å². The number of aliphatic hydroxyl groups excluding tert-OH is 1. The molecule has 0 aliphatic carbocycles. The Balaban J connectivity index is 2.21. The van der Waals surface area contributed by atoms with Crippen LogP contribution in [0.4, 0.5) is 10.1 Å². The first-order valence-electron chi connectivity index (χ1n) is 7.64. The summed E-state index contributed by atoms with van der Waals surface area (Å²) in [4.78, 5) is 16.7. The molecule has 2 aromatic rings. The number of halogens is 1. The Hall–Kier alpha value is -3.10. The summed E-state index contributed by atoms with van der Waals surface area (Å²) in [6.45, 7) is -0.347. The summed E-state index contributed by atoms with van der Waals surface area (Å²) in [6.07, 6.45) is -0.766. The maximum atomic E-state index is 12.9. The third-order valence-electron chi connectivity index (χ3n) is 3.37. The number of hydrogen-bond donors (Lipinski definition) is 4. The van der Waals surface area contributed by atoms with E-state index in [9.17, 15) is 9.18 Å². The average molecular weight is 359 g/mol. The number of nitrogens with two attached hydrogens (primary N) is 1. The van der Waals surface area contributed by atoms with Crippen LogP contribution >= 0.6 is 0 Å². The van der Waals surface area contributed by atoms with Gasteiger partial charge in [0.05, 0.1) is 5.69 Å². The molecule has 0 aromatic heterocycles. The molecule has 5 N–H and O–H groups in total. The Bertz CT molecular complexity index is 806. The summed E-state index contributed by atoms with van der Waals surface area (Å²) in [5.41, 5.74) is 6.44. The van der Waals surface area contributed by atoms with Gasteiger partial charge in [0.2, 0.25) is 0 Å². The molecule has 7 nitrogen and oxygen atoms in total. The second-order valence-corrected chi connectivity index (χ2v) is 5.34. The quantitative estimate of drug-likeness (QED) is 0.246. The van der Waals surface area contributed by atoms with Gasteiger partial charge in [-0.3, -0.25) is 4.79 Å². The van der Waals surface area contributed by atoms with Gasteiger partial charge < -0.3 is 26.1 Å². The summed E-state index contributed by atoms with van der Waals surface area (Å²) in [7, 11) is 0. The molecule has 0 bridgehead atoms. The molecule has 0 saturated carbocycles. The maximum Gasteiger partial charge on any atom is 0.186 e. The highest BCUT2D eigenvalue weighted by Gasteiger charge is 2.22. The number of carbonyl (C=O) groups is 1. The number of Topliss-reactive ketones (excluding diaryl/α,β-unsaturated/α-hetero) is 1. The number of ether oxygens (including phenoxy) is 1. The van der Waals surface area contributed by atoms with Crippen LogP contribution in [0.25, 0.3) is 0 Å². The molecule has 0 aliphatic rings. The number of nitrogens with zero attached hydrogens (tertiary/aromatic N) is 1. The first kappa shape index (κ1) is 19.2. The molecule has 0 saturated heterocycles. The summed E-state index contributed by atoms with van der Waals surface area (Å²) in [5.74, 6) is -1.83. The number of carbonyl (C=O) groups excluding carboxylic acids is 1. The van der Waals surface area contributed by atoms with E-state index in [2.05, 4.69) is 4.99 Å². The van der Waals surface area contributed by atoms with Gasteiger partial charge in [-0.2, -0.15) is 0 Å². The molecule has 0 amide bonds. The van der Waals surface area contributed by atoms with Gasteiger partial charge in [0.1, 0.15) is 29.9 Å². The average Bonchev–Trinajstić information content (AvgIpc) is 2.62. The molecule has 0 heterocycles. The third-order valence-corrected chi connectivity index (χ3v) is 3.37. The molecule has 2 aromatic carbocycles. The molecule has 0 radical (unpaired) electrons. The molecule has 8 heteroatoms. The van der Waals surface area contributed by atoms with Crippen LogP contribution < -0.4 is 10.5 Å². The van der Waals surface area contributed by atoms with E-state index in [1.54, 1.807) is 12.1 Å². The molecule has 136 valence electrons. The zero-order chi connectivity index (χ0) is 19.1. The van der Waals surface area contributed by atoms with Crippen molar-refractivity contribution in [1.29, 1.82) is 5.41 Å². The topological polar surface area (TPSA) is 129 Å². The molecule has 0 fully saturated rings. The Morgan fingerprint density at radius 2 is 1.96 bits per heavy atom. The van der Waals surface area contributed by atoms with Gasteiger partial charge in [0.15, 0.2) is 12.1 Å². The zero-order valence-corrected chi connectivity index (χ0v) is 13.7. The lowest BCUT2D eigenvalue weighted by Crippen LogP contribution is -2.31. The highest BCUT2D eigenvalue weighted by Crippen LogP contribution is 2.18. The number of ketones is 1. The van der Waals surface area contributed by atoms with E-state index < -0.39 is 23.8 Å². The van der Waals surface area contributed by atoms with Crippen LogP contribution in [0, 0.1) is 17.1 Å². The highest BCUT2D eigenvalue weighted by molar-refractivity contribution is 6.20. The van der Waals surface area contributed by atoms with E-state index in [4.69, 9.17) is 26.1 Å². The summed E-state index contributed by atoms with van der Waals surface area (Å²) in [5, 5.41) is 25.2. The Morgan fingerprint density at radius 1 is 1.27 bits per heavy atom. The summed E-state index contributed by atoms with van der Waals surface area (Å²) < 4.78 is 18.1. The van der Waals surface area contributed by atoms with E-state index in [0.29, 0.717) is 5.69 Å². The molecule has 0 spiro atoms. The maximum absolute atomic E-state index is 12.9. The standard InChI is InChI=1S/C18H18FN3O4/c19-12-4-6-13(7-5-12)22-18(21)15(9-20)17(25)11-2-1-3-14(8-11)26-10-16(23)24/h1-9,15-16,20,23-24H,10H2,(H2,21,22). The van der Waals surface area contributed by atoms with Crippen LogP contribution in [0.5, 0.6) is 5.75 Å². The number of aliphatic imine (C=N–C) groups is 1. The Kier molecular flexibility index (Phi) is 6.54. The van der Waals surface area contributed by atoms with Gasteiger partial charge in [-0.05, 0) is 36.4 Å². The fraction of sp³-hybridized carbons (Fsp3) is 0.167. The number of rotatable bonds is 8. The number of nitrogens with one attached hydrogen (secondary N) is 1. The van der Waals surface area contributed by atoms with Crippen LogP contribution in [0.2, 0.25) is 0 Å². The van der Waals surface area contributed by atoms with Crippen molar-refractivity contribution in [2.75, 3.05) is 6.61 Å². The van der Waals surface area contributed by atoms with Gasteiger partial charge in [0.25, 0.3) is 0 Å². The number of amidine groups is 1. The van der Waals surface area contributed by atoms with E-state index in [1.807, 2.05) is 0 Å². The van der Waals surface area contributed by atoms with Crippen molar-refractivity contribution in [2.45, 2.75) is 6.29 Å². The highest BCUT2D eigenvalue weighted by atomic mass is 19.1. The lowest BCUT2D eigenvalue weighted by atomic mass is 9.97. The summed E-state index contributed by atoms with van der Waals surface area (Å²) >= 11 is 0. The predicted octanol–water partition coefficient (Wildman–Crippen LogP) is 1.65. The largest absolute Gasteiger partial charge is 0.488 e. The number of hydrogen-bond acceptors (Lipinski definition) is 6. The first-order valence-corrected chi connectivity index (χ1v) is 7.64. The van der Waals surface area contributed by atoms with Gasteiger partial charge >= 0.3 is 0 Å². The predicted molar refractivity (Wildman–Crippen MR) is 94.4 cm³/mol. The Morgan fingerprint density at radius 3 is 2.58 bits per heavy atom. The molecule has 2 rings (SSSR count). The molecule has 0 aliphatic heterocycles. The lowest BCUT2D eigenvalue weighted by molar-refractivity contribution is -0.0680. The normalized spacial score (nSPS) is 12.7. The minimum absolute atomic E-state index is 0.103. The number of aliphatic hydroxyl groups is 2. The molecule has 1 unspecified atom stereocenters. The van der Waals surface area contributed by atoms with Crippen LogP contribution in [-0.4, -0.2) is 40.9 Å². The smallest absolute Gasteiger partial charge is 0.186 e. The SMILES string of the molecule is N=CC(C(=O)c1cccc(OCC(O)O)c1)C(N)=Nc1ccc(F)cc1. The molecule has 1 atom stereocenters.